The normalized spacial score (nSPS) is 42.2. The summed E-state index contributed by atoms with van der Waals surface area (Å²) in [7, 11) is 0. The number of hydrogen-bond donors (Lipinski definition) is 0. The molecule has 0 amide bonds. The van der Waals surface area contributed by atoms with Crippen LogP contribution in [0.5, 0.6) is 0 Å². The first-order valence-electron chi connectivity index (χ1n) is 5.53. The molecular weight excluding hydrogens is 148 g/mol. The summed E-state index contributed by atoms with van der Waals surface area (Å²) < 4.78 is 5.84. The molecule has 1 aliphatic heterocycles. The van der Waals surface area contributed by atoms with Gasteiger partial charge in [-0.15, -0.1) is 0 Å². The molecule has 1 saturated heterocycles. The summed E-state index contributed by atoms with van der Waals surface area (Å²) in [6.45, 7) is 3.35. The van der Waals surface area contributed by atoms with E-state index < -0.39 is 0 Å². The Morgan fingerprint density at radius 2 is 2.00 bits per heavy atom. The van der Waals surface area contributed by atoms with E-state index in [-0.39, 0.29) is 0 Å². The van der Waals surface area contributed by atoms with E-state index in [1.807, 2.05) is 0 Å². The van der Waals surface area contributed by atoms with Gasteiger partial charge in [0.1, 0.15) is 0 Å². The highest BCUT2D eigenvalue weighted by molar-refractivity contribution is 4.84. The van der Waals surface area contributed by atoms with Gasteiger partial charge in [0.05, 0.1) is 12.7 Å². The Morgan fingerprint density at radius 1 is 1.17 bits per heavy atom. The molecule has 2 fully saturated rings. The van der Waals surface area contributed by atoms with Crippen molar-refractivity contribution in [2.45, 2.75) is 51.6 Å². The second kappa shape index (κ2) is 3.78. The van der Waals surface area contributed by atoms with Gasteiger partial charge in [-0.1, -0.05) is 32.6 Å². The van der Waals surface area contributed by atoms with Crippen LogP contribution in [0.25, 0.3) is 0 Å². The van der Waals surface area contributed by atoms with Gasteiger partial charge in [-0.3, -0.25) is 0 Å². The molecule has 12 heavy (non-hydrogen) atoms. The Hall–Kier alpha value is -0.0400. The standard InChI is InChI=1S/C11H20O/c1-2-9-8-12-11-7-5-3-4-6-10(9)11/h9-11H,2-8H2,1H3/t9?,10-,11?/m0/s1. The highest BCUT2D eigenvalue weighted by Gasteiger charge is 2.36. The molecule has 0 spiro atoms. The summed E-state index contributed by atoms with van der Waals surface area (Å²) in [6.07, 6.45) is 9.01. The van der Waals surface area contributed by atoms with Crippen LogP contribution in [0.1, 0.15) is 45.4 Å². The summed E-state index contributed by atoms with van der Waals surface area (Å²) >= 11 is 0. The van der Waals surface area contributed by atoms with E-state index in [0.29, 0.717) is 6.10 Å². The fourth-order valence-electron chi connectivity index (χ4n) is 2.84. The first-order valence-corrected chi connectivity index (χ1v) is 5.53. The zero-order valence-electron chi connectivity index (χ0n) is 8.09. The van der Waals surface area contributed by atoms with Crippen LogP contribution < -0.4 is 0 Å². The monoisotopic (exact) mass is 168 g/mol. The van der Waals surface area contributed by atoms with E-state index in [2.05, 4.69) is 6.92 Å². The van der Waals surface area contributed by atoms with Gasteiger partial charge < -0.3 is 4.74 Å². The van der Waals surface area contributed by atoms with Gasteiger partial charge in [-0.2, -0.15) is 0 Å². The molecule has 3 atom stereocenters. The van der Waals surface area contributed by atoms with Crippen LogP contribution in [-0.2, 0) is 4.74 Å². The highest BCUT2D eigenvalue weighted by atomic mass is 16.5. The van der Waals surface area contributed by atoms with Crippen LogP contribution in [0.3, 0.4) is 0 Å². The van der Waals surface area contributed by atoms with Gasteiger partial charge >= 0.3 is 0 Å². The fourth-order valence-corrected chi connectivity index (χ4v) is 2.84. The van der Waals surface area contributed by atoms with Crippen LogP contribution >= 0.6 is 0 Å². The van der Waals surface area contributed by atoms with E-state index in [1.54, 1.807) is 0 Å². The quantitative estimate of drug-likeness (QED) is 0.585. The molecule has 0 bridgehead atoms. The molecule has 70 valence electrons. The zero-order valence-corrected chi connectivity index (χ0v) is 8.09. The maximum absolute atomic E-state index is 5.84. The number of rotatable bonds is 1. The molecule has 2 unspecified atom stereocenters. The van der Waals surface area contributed by atoms with E-state index in [1.165, 1.54) is 38.5 Å². The second-order valence-corrected chi connectivity index (χ2v) is 4.34. The van der Waals surface area contributed by atoms with Crippen molar-refractivity contribution in [2.24, 2.45) is 11.8 Å². The summed E-state index contributed by atoms with van der Waals surface area (Å²) in [5.74, 6) is 1.80. The smallest absolute Gasteiger partial charge is 0.0606 e. The molecule has 2 rings (SSSR count). The van der Waals surface area contributed by atoms with Gasteiger partial charge in [-0.25, -0.2) is 0 Å². The van der Waals surface area contributed by atoms with Crippen molar-refractivity contribution in [3.05, 3.63) is 0 Å². The first-order chi connectivity index (χ1) is 5.92. The summed E-state index contributed by atoms with van der Waals surface area (Å²) in [6, 6.07) is 0. The Balaban J connectivity index is 1.99. The van der Waals surface area contributed by atoms with E-state index >= 15 is 0 Å². The molecule has 2 aliphatic rings. The van der Waals surface area contributed by atoms with Crippen molar-refractivity contribution in [1.29, 1.82) is 0 Å². The molecule has 1 heteroatoms. The predicted octanol–water partition coefficient (Wildman–Crippen LogP) is 2.99. The third kappa shape index (κ3) is 1.52. The van der Waals surface area contributed by atoms with Crippen molar-refractivity contribution < 1.29 is 4.74 Å². The fraction of sp³-hybridized carbons (Fsp3) is 1.00. The lowest BCUT2D eigenvalue weighted by Gasteiger charge is -2.18. The van der Waals surface area contributed by atoms with E-state index in [9.17, 15) is 0 Å². The van der Waals surface area contributed by atoms with Crippen LogP contribution in [0.4, 0.5) is 0 Å². The molecule has 0 aromatic rings. The molecule has 1 aliphatic carbocycles. The van der Waals surface area contributed by atoms with Gasteiger partial charge in [0.25, 0.3) is 0 Å². The molecule has 0 N–H and O–H groups in total. The molecule has 0 radical (unpaired) electrons. The van der Waals surface area contributed by atoms with E-state index in [0.717, 1.165) is 18.4 Å². The second-order valence-electron chi connectivity index (χ2n) is 4.34. The SMILES string of the molecule is CCC1COC2CCCCC[C@@H]12. The Morgan fingerprint density at radius 3 is 2.83 bits per heavy atom. The molecular formula is C11H20O. The molecule has 0 aromatic heterocycles. The lowest BCUT2D eigenvalue weighted by molar-refractivity contribution is 0.0846. The average molecular weight is 168 g/mol. The minimum Gasteiger partial charge on any atom is -0.378 e. The summed E-state index contributed by atoms with van der Waals surface area (Å²) in [4.78, 5) is 0. The third-order valence-corrected chi connectivity index (χ3v) is 3.66. The Kier molecular flexibility index (Phi) is 2.69. The molecule has 1 saturated carbocycles. The maximum Gasteiger partial charge on any atom is 0.0606 e. The molecule has 0 aromatic carbocycles. The van der Waals surface area contributed by atoms with Crippen LogP contribution in [0, 0.1) is 11.8 Å². The van der Waals surface area contributed by atoms with Crippen LogP contribution in [0.2, 0.25) is 0 Å². The Labute approximate surface area is 75.5 Å². The van der Waals surface area contributed by atoms with Gasteiger partial charge in [0, 0.05) is 0 Å². The lowest BCUT2D eigenvalue weighted by atomic mass is 9.86. The average Bonchev–Trinajstić information content (AvgIpc) is 2.33. The lowest BCUT2D eigenvalue weighted by Crippen LogP contribution is -2.18. The number of hydrogen-bond acceptors (Lipinski definition) is 1. The van der Waals surface area contributed by atoms with Gasteiger partial charge in [0.2, 0.25) is 0 Å². The van der Waals surface area contributed by atoms with Crippen molar-refractivity contribution in [2.75, 3.05) is 6.61 Å². The number of fused-ring (bicyclic) bond motifs is 1. The van der Waals surface area contributed by atoms with Crippen molar-refractivity contribution in [1.82, 2.24) is 0 Å². The minimum atomic E-state index is 0.637. The van der Waals surface area contributed by atoms with Crippen LogP contribution in [0.15, 0.2) is 0 Å². The first kappa shape index (κ1) is 8.55. The van der Waals surface area contributed by atoms with Crippen molar-refractivity contribution >= 4 is 0 Å². The van der Waals surface area contributed by atoms with Crippen molar-refractivity contribution in [3.8, 4) is 0 Å². The van der Waals surface area contributed by atoms with Crippen molar-refractivity contribution in [3.63, 3.8) is 0 Å². The minimum absolute atomic E-state index is 0.637. The van der Waals surface area contributed by atoms with E-state index in [4.69, 9.17) is 4.74 Å². The summed E-state index contributed by atoms with van der Waals surface area (Å²) in [5.41, 5.74) is 0. The Bertz CT molecular complexity index is 144. The molecule has 1 nitrogen and oxygen atoms in total. The summed E-state index contributed by atoms with van der Waals surface area (Å²) in [5, 5.41) is 0. The maximum atomic E-state index is 5.84. The number of ether oxygens (including phenoxy) is 1. The topological polar surface area (TPSA) is 9.23 Å². The zero-order chi connectivity index (χ0) is 8.39. The van der Waals surface area contributed by atoms with Crippen LogP contribution in [-0.4, -0.2) is 12.7 Å². The predicted molar refractivity (Wildman–Crippen MR) is 50.1 cm³/mol. The third-order valence-electron chi connectivity index (χ3n) is 3.66. The largest absolute Gasteiger partial charge is 0.378 e. The molecule has 1 heterocycles. The van der Waals surface area contributed by atoms with Gasteiger partial charge in [-0.05, 0) is 24.7 Å². The van der Waals surface area contributed by atoms with Gasteiger partial charge in [0.15, 0.2) is 0 Å². The highest BCUT2D eigenvalue weighted by Crippen LogP contribution is 2.38.